The van der Waals surface area contributed by atoms with Gasteiger partial charge in [0, 0.05) is 11.6 Å². The van der Waals surface area contributed by atoms with Crippen molar-refractivity contribution in [2.75, 3.05) is 0 Å². The summed E-state index contributed by atoms with van der Waals surface area (Å²) in [4.78, 5) is 2.68. The van der Waals surface area contributed by atoms with Crippen LogP contribution in [0.25, 0.3) is 20.9 Å². The molecule has 1 aromatic heterocycles. The van der Waals surface area contributed by atoms with Gasteiger partial charge in [-0.3, -0.25) is 0 Å². The summed E-state index contributed by atoms with van der Waals surface area (Å²) in [6.45, 7) is 0. The molecule has 1 heterocycles. The van der Waals surface area contributed by atoms with Crippen LogP contribution in [-0.4, -0.2) is 0 Å². The van der Waals surface area contributed by atoms with Crippen LogP contribution >= 0.6 is 20.7 Å². The highest BCUT2D eigenvalue weighted by molar-refractivity contribution is 7.72. The molecule has 3 rings (SSSR count). The first kappa shape index (κ1) is 17.0. The molecule has 0 fully saturated rings. The summed E-state index contributed by atoms with van der Waals surface area (Å²) in [5.74, 6) is 0. The predicted octanol–water partition coefficient (Wildman–Crippen LogP) is 0.669. The lowest BCUT2D eigenvalue weighted by Crippen LogP contribution is -2.68. The Labute approximate surface area is 137 Å². The van der Waals surface area contributed by atoms with Gasteiger partial charge >= 0.3 is 10.3 Å². The van der Waals surface area contributed by atoms with Crippen LogP contribution in [0.15, 0.2) is 66.7 Å². The largest absolute Gasteiger partial charge is 0.301 e. The molecule has 0 saturated carbocycles. The van der Waals surface area contributed by atoms with Crippen LogP contribution in [0.1, 0.15) is 0 Å². The van der Waals surface area contributed by atoms with Gasteiger partial charge in [0.1, 0.15) is 0 Å². The minimum atomic E-state index is -4.94. The molecule has 0 radical (unpaired) electrons. The zero-order valence-electron chi connectivity index (χ0n) is 11.2. The number of rotatable bonds is 2. The molecular formula is C15H11ClO4S2. The van der Waals surface area contributed by atoms with Crippen LogP contribution in [0.5, 0.6) is 0 Å². The molecule has 114 valence electrons. The number of hydrogen-bond acceptors (Lipinski definition) is 5. The van der Waals surface area contributed by atoms with E-state index >= 15 is 0 Å². The molecule has 0 atom stereocenters. The molecule has 22 heavy (non-hydrogen) atoms. The molecule has 2 aromatic carbocycles. The van der Waals surface area contributed by atoms with Crippen molar-refractivity contribution in [2.45, 2.75) is 0 Å². The molecule has 0 aliphatic heterocycles. The summed E-state index contributed by atoms with van der Waals surface area (Å²) < 4.78 is 34.0. The highest BCUT2D eigenvalue weighted by Crippen LogP contribution is 2.36. The smallest absolute Gasteiger partial charge is 0.222 e. The maximum absolute atomic E-state index is 8.49. The van der Waals surface area contributed by atoms with Gasteiger partial charge in [-0.2, -0.15) is 0 Å². The van der Waals surface area contributed by atoms with Crippen molar-refractivity contribution in [2.24, 2.45) is 0 Å². The molecule has 0 aliphatic carbocycles. The third-order valence-corrected chi connectivity index (χ3v) is 5.08. The van der Waals surface area contributed by atoms with Crippen LogP contribution in [0, 0.1) is 10.2 Å². The summed E-state index contributed by atoms with van der Waals surface area (Å²) in [6.07, 6.45) is 0. The zero-order valence-corrected chi connectivity index (χ0v) is 13.6. The predicted molar refractivity (Wildman–Crippen MR) is 77.5 cm³/mol. The van der Waals surface area contributed by atoms with E-state index in [0.717, 1.165) is 0 Å². The van der Waals surface area contributed by atoms with Crippen molar-refractivity contribution in [1.82, 2.24) is 0 Å². The third kappa shape index (κ3) is 5.78. The first-order valence-corrected chi connectivity index (χ1v) is 9.48. The van der Waals surface area contributed by atoms with Gasteiger partial charge in [0.15, 0.2) is 10.3 Å². The van der Waals surface area contributed by atoms with Gasteiger partial charge in [0.05, 0.1) is 4.88 Å². The second-order valence-corrected chi connectivity index (χ2v) is 7.12. The zero-order chi connectivity index (χ0) is 16.0. The fraction of sp³-hybridized carbons (Fsp3) is 0. The van der Waals surface area contributed by atoms with Crippen LogP contribution in [0.3, 0.4) is 0 Å². The van der Waals surface area contributed by atoms with Crippen molar-refractivity contribution in [3.63, 3.8) is 0 Å². The minimum Gasteiger partial charge on any atom is -0.222 e. The lowest BCUT2D eigenvalue weighted by molar-refractivity contribution is -2.00. The fourth-order valence-electron chi connectivity index (χ4n) is 1.72. The third-order valence-electron chi connectivity index (χ3n) is 2.60. The topological polar surface area (TPSA) is 92.2 Å². The quantitative estimate of drug-likeness (QED) is 0.499. The van der Waals surface area contributed by atoms with E-state index in [0.29, 0.717) is 0 Å². The first-order valence-electron chi connectivity index (χ1n) is 6.09. The minimum absolute atomic E-state index is 1.30. The van der Waals surface area contributed by atoms with E-state index < -0.39 is 10.2 Å². The molecule has 0 N–H and O–H groups in total. The Morgan fingerprint density at radius 3 is 1.68 bits per heavy atom. The summed E-state index contributed by atoms with van der Waals surface area (Å²) in [6, 6.07) is 23.4. The first-order chi connectivity index (χ1) is 10.4. The summed E-state index contributed by atoms with van der Waals surface area (Å²) in [5.41, 5.74) is 2.60. The van der Waals surface area contributed by atoms with E-state index in [9.17, 15) is 0 Å². The monoisotopic (exact) mass is 354 g/mol. The molecule has 0 unspecified atom stereocenters. The van der Waals surface area contributed by atoms with Crippen molar-refractivity contribution < 1.29 is 28.9 Å². The molecule has 0 aliphatic rings. The van der Waals surface area contributed by atoms with E-state index in [1.807, 2.05) is 20.7 Å². The number of halogens is 1. The summed E-state index contributed by atoms with van der Waals surface area (Å²) in [5, 5.41) is 0. The Morgan fingerprint density at radius 2 is 1.18 bits per heavy atom. The van der Waals surface area contributed by atoms with E-state index in [2.05, 4.69) is 66.7 Å². The second kappa shape index (κ2) is 7.75. The lowest BCUT2D eigenvalue weighted by Gasteiger charge is -2.17. The molecule has 0 saturated heterocycles. The highest BCUT2D eigenvalue weighted by atomic mass is 35.7. The number of hydrogen-bond donors (Lipinski definition) is 0. The average molecular weight is 355 g/mol. The van der Waals surface area contributed by atoms with Gasteiger partial charge in [-0.25, -0.2) is 18.6 Å². The molecule has 7 heteroatoms. The van der Waals surface area contributed by atoms with E-state index in [1.165, 1.54) is 20.9 Å². The van der Waals surface area contributed by atoms with Crippen LogP contribution in [-0.2, 0) is 0 Å². The van der Waals surface area contributed by atoms with Gasteiger partial charge in [-0.1, -0.05) is 48.5 Å². The van der Waals surface area contributed by atoms with E-state index in [-0.39, 0.29) is 0 Å². The molecule has 0 bridgehead atoms. The summed E-state index contributed by atoms with van der Waals surface area (Å²) in [7, 11) is -1.27. The Balaban J connectivity index is 0.000000309. The van der Waals surface area contributed by atoms with E-state index in [4.69, 9.17) is 18.6 Å². The van der Waals surface area contributed by atoms with Crippen molar-refractivity contribution in [3.8, 4) is 20.9 Å². The Kier molecular flexibility index (Phi) is 5.98. The standard InChI is InChI=1S/C15H11S2.ClHO4/c1-3-7-12(8-4-1)14-11-15(17-16-14)13-9-5-2-6-10-13;2-1(3,4)5/h1-11H;(H,2,3,4,5)/q+1;/p-1. The molecule has 4 nitrogen and oxygen atoms in total. The normalized spacial score (nSPS) is 10.7. The Bertz CT molecular complexity index is 636. The highest BCUT2D eigenvalue weighted by Gasteiger charge is 2.16. The molecule has 3 aromatic rings. The summed E-state index contributed by atoms with van der Waals surface area (Å²) >= 11 is 0. The van der Waals surface area contributed by atoms with Crippen molar-refractivity contribution >= 4 is 20.7 Å². The maximum atomic E-state index is 8.49. The number of benzene rings is 2. The molecule has 0 spiro atoms. The van der Waals surface area contributed by atoms with Crippen molar-refractivity contribution in [3.05, 3.63) is 66.7 Å². The Hall–Kier alpha value is -1.38. The second-order valence-electron chi connectivity index (χ2n) is 4.15. The van der Waals surface area contributed by atoms with Gasteiger partial charge in [-0.05, 0) is 17.7 Å². The van der Waals surface area contributed by atoms with Gasteiger partial charge in [-0.15, -0.1) is 10.2 Å². The fourth-order valence-corrected chi connectivity index (χ4v) is 4.18. The molecular weight excluding hydrogens is 344 g/mol. The SMILES string of the molecule is [O-][Cl+3]([O-])([O-])[O-].c1ccc(-c2cc(-c3ccccc3)[s+]s2)cc1. The average Bonchev–Trinajstić information content (AvgIpc) is 2.97. The lowest BCUT2D eigenvalue weighted by atomic mass is 10.1. The van der Waals surface area contributed by atoms with Crippen LogP contribution in [0.2, 0.25) is 0 Å². The van der Waals surface area contributed by atoms with Gasteiger partial charge in [0.25, 0.3) is 4.88 Å². The van der Waals surface area contributed by atoms with Gasteiger partial charge in [0.2, 0.25) is 0 Å². The van der Waals surface area contributed by atoms with Crippen LogP contribution < -0.4 is 18.6 Å². The maximum Gasteiger partial charge on any atom is 0.301 e. The Morgan fingerprint density at radius 1 is 0.727 bits per heavy atom. The van der Waals surface area contributed by atoms with Crippen LogP contribution in [0.4, 0.5) is 0 Å². The van der Waals surface area contributed by atoms with E-state index in [1.54, 1.807) is 0 Å². The van der Waals surface area contributed by atoms with Gasteiger partial charge < -0.3 is 0 Å². The molecule has 0 amide bonds. The van der Waals surface area contributed by atoms with Crippen molar-refractivity contribution in [1.29, 1.82) is 0 Å².